The zero-order valence-corrected chi connectivity index (χ0v) is 16.3. The van der Waals surface area contributed by atoms with E-state index in [0.29, 0.717) is 0 Å². The molecule has 7 nitrogen and oxygen atoms in total. The Morgan fingerprint density at radius 3 is 2.39 bits per heavy atom. The third kappa shape index (κ3) is 3.40. The second-order valence-corrected chi connectivity index (χ2v) is 7.08. The SMILES string of the molecule is COc1ccc(-n2nnnc2C2(Nc3ccccc3OC)CCCCC2)cc1. The van der Waals surface area contributed by atoms with Crippen LogP contribution in [0, 0.1) is 0 Å². The van der Waals surface area contributed by atoms with Gasteiger partial charge in [-0.2, -0.15) is 4.68 Å². The average Bonchev–Trinajstić information content (AvgIpc) is 3.26. The molecule has 1 heterocycles. The number of hydrogen-bond donors (Lipinski definition) is 1. The molecule has 146 valence electrons. The van der Waals surface area contributed by atoms with Crippen LogP contribution in [-0.2, 0) is 5.54 Å². The number of rotatable bonds is 6. The highest BCUT2D eigenvalue weighted by molar-refractivity contribution is 5.58. The Kier molecular flexibility index (Phi) is 5.14. The van der Waals surface area contributed by atoms with E-state index in [9.17, 15) is 0 Å². The standard InChI is InChI=1S/C21H25N5O2/c1-27-17-12-10-16(11-13-17)26-20(23-24-25-26)21(14-6-3-7-15-21)22-18-8-4-5-9-19(18)28-2/h4-5,8-13,22H,3,6-7,14-15H2,1-2H3. The molecule has 1 aliphatic rings. The van der Waals surface area contributed by atoms with E-state index >= 15 is 0 Å². The van der Waals surface area contributed by atoms with Gasteiger partial charge in [0, 0.05) is 0 Å². The summed E-state index contributed by atoms with van der Waals surface area (Å²) in [5.41, 5.74) is 1.51. The topological polar surface area (TPSA) is 74.1 Å². The van der Waals surface area contributed by atoms with Gasteiger partial charge in [-0.1, -0.05) is 31.4 Å². The van der Waals surface area contributed by atoms with Crippen molar-refractivity contribution in [2.75, 3.05) is 19.5 Å². The van der Waals surface area contributed by atoms with Crippen LogP contribution in [0.3, 0.4) is 0 Å². The van der Waals surface area contributed by atoms with Crippen molar-refractivity contribution in [3.05, 3.63) is 54.4 Å². The van der Waals surface area contributed by atoms with Crippen LogP contribution in [0.15, 0.2) is 48.5 Å². The highest BCUT2D eigenvalue weighted by Crippen LogP contribution is 2.41. The Balaban J connectivity index is 1.75. The molecule has 0 unspecified atom stereocenters. The van der Waals surface area contributed by atoms with E-state index in [1.165, 1.54) is 6.42 Å². The lowest BCUT2D eigenvalue weighted by molar-refractivity contribution is 0.308. The van der Waals surface area contributed by atoms with Crippen molar-refractivity contribution in [2.24, 2.45) is 0 Å². The van der Waals surface area contributed by atoms with Crippen LogP contribution in [0.1, 0.15) is 37.9 Å². The Morgan fingerprint density at radius 2 is 1.68 bits per heavy atom. The number of benzene rings is 2. The van der Waals surface area contributed by atoms with Crippen LogP contribution in [-0.4, -0.2) is 34.4 Å². The molecule has 1 fully saturated rings. The summed E-state index contributed by atoms with van der Waals surface area (Å²) < 4.78 is 12.7. The van der Waals surface area contributed by atoms with Gasteiger partial charge in [-0.3, -0.25) is 0 Å². The van der Waals surface area contributed by atoms with Crippen molar-refractivity contribution >= 4 is 5.69 Å². The van der Waals surface area contributed by atoms with Crippen molar-refractivity contribution in [1.82, 2.24) is 20.2 Å². The summed E-state index contributed by atoms with van der Waals surface area (Å²) in [5.74, 6) is 2.44. The number of para-hydroxylation sites is 2. The molecule has 1 N–H and O–H groups in total. The quantitative estimate of drug-likeness (QED) is 0.699. The van der Waals surface area contributed by atoms with Crippen molar-refractivity contribution in [3.63, 3.8) is 0 Å². The molecule has 1 aromatic heterocycles. The minimum Gasteiger partial charge on any atom is -0.497 e. The molecule has 0 aliphatic heterocycles. The van der Waals surface area contributed by atoms with Crippen LogP contribution >= 0.6 is 0 Å². The lowest BCUT2D eigenvalue weighted by Crippen LogP contribution is -2.40. The summed E-state index contributed by atoms with van der Waals surface area (Å²) in [6.07, 6.45) is 5.39. The summed E-state index contributed by atoms with van der Waals surface area (Å²) in [6.45, 7) is 0. The molecule has 4 rings (SSSR count). The van der Waals surface area contributed by atoms with Gasteiger partial charge in [0.05, 0.1) is 31.1 Å². The van der Waals surface area contributed by atoms with E-state index in [1.54, 1.807) is 14.2 Å². The third-order valence-electron chi connectivity index (χ3n) is 5.40. The van der Waals surface area contributed by atoms with E-state index in [2.05, 4.69) is 20.8 Å². The Morgan fingerprint density at radius 1 is 0.929 bits per heavy atom. The molecule has 1 aliphatic carbocycles. The predicted octanol–water partition coefficient (Wildman–Crippen LogP) is 3.95. The minimum atomic E-state index is -0.351. The largest absolute Gasteiger partial charge is 0.497 e. The number of methoxy groups -OCH3 is 2. The van der Waals surface area contributed by atoms with Crippen LogP contribution in [0.4, 0.5) is 5.69 Å². The first-order valence-corrected chi connectivity index (χ1v) is 9.60. The predicted molar refractivity (Wildman–Crippen MR) is 107 cm³/mol. The van der Waals surface area contributed by atoms with Crippen molar-refractivity contribution < 1.29 is 9.47 Å². The summed E-state index contributed by atoms with van der Waals surface area (Å²) in [7, 11) is 3.35. The first-order valence-electron chi connectivity index (χ1n) is 9.60. The Hall–Kier alpha value is -3.09. The molecule has 0 radical (unpaired) electrons. The normalized spacial score (nSPS) is 15.8. The second kappa shape index (κ2) is 7.88. The first-order chi connectivity index (χ1) is 13.8. The lowest BCUT2D eigenvalue weighted by atomic mass is 9.80. The van der Waals surface area contributed by atoms with Gasteiger partial charge in [0.2, 0.25) is 0 Å². The number of tetrazole rings is 1. The summed E-state index contributed by atoms with van der Waals surface area (Å²) in [6, 6.07) is 15.8. The maximum Gasteiger partial charge on any atom is 0.181 e. The van der Waals surface area contributed by atoms with Gasteiger partial charge < -0.3 is 14.8 Å². The van der Waals surface area contributed by atoms with Crippen molar-refractivity contribution in [2.45, 2.75) is 37.6 Å². The summed E-state index contributed by atoms with van der Waals surface area (Å²) in [4.78, 5) is 0. The number of ether oxygens (including phenoxy) is 2. The average molecular weight is 379 g/mol. The van der Waals surface area contributed by atoms with E-state index in [4.69, 9.17) is 9.47 Å². The van der Waals surface area contributed by atoms with Gasteiger partial charge in [-0.05, 0) is 59.7 Å². The fourth-order valence-corrected chi connectivity index (χ4v) is 3.95. The van der Waals surface area contributed by atoms with E-state index in [-0.39, 0.29) is 5.54 Å². The van der Waals surface area contributed by atoms with Gasteiger partial charge >= 0.3 is 0 Å². The second-order valence-electron chi connectivity index (χ2n) is 7.08. The Bertz CT molecular complexity index is 917. The Labute approximate surface area is 164 Å². The molecule has 0 bridgehead atoms. The summed E-state index contributed by atoms with van der Waals surface area (Å²) >= 11 is 0. The number of aromatic nitrogens is 4. The van der Waals surface area contributed by atoms with Crippen LogP contribution in [0.2, 0.25) is 0 Å². The molecule has 0 spiro atoms. The molecule has 1 saturated carbocycles. The first kappa shape index (κ1) is 18.3. The molecule has 0 saturated heterocycles. The lowest BCUT2D eigenvalue weighted by Gasteiger charge is -2.38. The highest BCUT2D eigenvalue weighted by atomic mass is 16.5. The molecule has 3 aromatic rings. The van der Waals surface area contributed by atoms with Gasteiger partial charge in [0.1, 0.15) is 11.5 Å². The minimum absolute atomic E-state index is 0.351. The molecular weight excluding hydrogens is 354 g/mol. The van der Waals surface area contributed by atoms with Crippen LogP contribution in [0.5, 0.6) is 11.5 Å². The van der Waals surface area contributed by atoms with Gasteiger partial charge in [-0.25, -0.2) is 0 Å². The molecule has 28 heavy (non-hydrogen) atoms. The summed E-state index contributed by atoms with van der Waals surface area (Å²) in [5, 5.41) is 16.5. The number of nitrogens with zero attached hydrogens (tertiary/aromatic N) is 4. The van der Waals surface area contributed by atoms with Gasteiger partial charge in [0.15, 0.2) is 5.82 Å². The van der Waals surface area contributed by atoms with Gasteiger partial charge in [-0.15, -0.1) is 5.10 Å². The van der Waals surface area contributed by atoms with Crippen LogP contribution < -0.4 is 14.8 Å². The van der Waals surface area contributed by atoms with Crippen LogP contribution in [0.25, 0.3) is 5.69 Å². The fraction of sp³-hybridized carbons (Fsp3) is 0.381. The number of nitrogens with one attached hydrogen (secondary N) is 1. The number of hydrogen-bond acceptors (Lipinski definition) is 6. The molecule has 0 atom stereocenters. The van der Waals surface area contributed by atoms with Gasteiger partial charge in [0.25, 0.3) is 0 Å². The number of anilines is 1. The zero-order chi connectivity index (χ0) is 19.4. The molecular formula is C21H25N5O2. The van der Waals surface area contributed by atoms with E-state index in [0.717, 1.165) is 54.4 Å². The monoisotopic (exact) mass is 379 g/mol. The molecule has 2 aromatic carbocycles. The van der Waals surface area contributed by atoms with E-state index < -0.39 is 0 Å². The third-order valence-corrected chi connectivity index (χ3v) is 5.40. The molecule has 0 amide bonds. The molecule has 7 heteroatoms. The van der Waals surface area contributed by atoms with Crippen molar-refractivity contribution in [3.8, 4) is 17.2 Å². The highest BCUT2D eigenvalue weighted by Gasteiger charge is 2.39. The smallest absolute Gasteiger partial charge is 0.181 e. The maximum atomic E-state index is 5.55. The maximum absolute atomic E-state index is 5.55. The fourth-order valence-electron chi connectivity index (χ4n) is 3.95. The zero-order valence-electron chi connectivity index (χ0n) is 16.3. The van der Waals surface area contributed by atoms with Crippen molar-refractivity contribution in [1.29, 1.82) is 0 Å². The van der Waals surface area contributed by atoms with E-state index in [1.807, 2.05) is 53.2 Å².